The van der Waals surface area contributed by atoms with Gasteiger partial charge in [0, 0.05) is 38.5 Å². The second-order valence-corrected chi connectivity index (χ2v) is 14.4. The first-order valence-electron chi connectivity index (χ1n) is 16.9. The van der Waals surface area contributed by atoms with E-state index in [4.69, 9.17) is 4.98 Å². The second-order valence-electron chi connectivity index (χ2n) is 13.3. The van der Waals surface area contributed by atoms with Gasteiger partial charge in [-0.1, -0.05) is 140 Å². The van der Waals surface area contributed by atoms with Gasteiger partial charge < -0.3 is 0 Å². The predicted molar refractivity (Wildman–Crippen MR) is 200 cm³/mol. The van der Waals surface area contributed by atoms with Crippen molar-refractivity contribution in [3.05, 3.63) is 151 Å². The summed E-state index contributed by atoms with van der Waals surface area (Å²) in [5.74, 6) is 0. The Morgan fingerprint density at radius 2 is 1.17 bits per heavy atom. The summed E-state index contributed by atoms with van der Waals surface area (Å²) >= 11 is 1.95. The zero-order chi connectivity index (χ0) is 31.0. The van der Waals surface area contributed by atoms with Crippen LogP contribution in [0.1, 0.15) is 43.2 Å². The van der Waals surface area contributed by atoms with Gasteiger partial charge in [0.05, 0.1) is 0 Å². The minimum Gasteiger partial charge on any atom is -0.264 e. The molecular weight excluding hydrogens is 587 g/mol. The van der Waals surface area contributed by atoms with Crippen LogP contribution in [0, 0.1) is 0 Å². The zero-order valence-electron chi connectivity index (χ0n) is 26.2. The first kappa shape index (κ1) is 27.2. The Balaban J connectivity index is 1.25. The minimum atomic E-state index is 0.149. The topological polar surface area (TPSA) is 12.9 Å². The van der Waals surface area contributed by atoms with Crippen molar-refractivity contribution in [2.45, 2.75) is 47.3 Å². The van der Waals surface area contributed by atoms with Crippen LogP contribution in [0.15, 0.2) is 150 Å². The molecule has 0 atom stereocenters. The number of nitrogens with zero attached hydrogens (tertiary/aromatic N) is 1. The standard InChI is InChI=1S/C45H33NS/c1-10-24-45(25-11-1)39-20-9-8-19-36(39)43-40(45)21-12-22-41(43)47-44-34-18-7-6-17-33(34)42(38-28-46-26-23-35(38)44)37-27-29-13-2-3-14-30(29)31-15-4-5-16-32(31)37/h2-9,12-23,26-28H,1,10-11,24-25H2. The lowest BCUT2D eigenvalue weighted by Gasteiger charge is -2.36. The highest BCUT2D eigenvalue weighted by Crippen LogP contribution is 2.59. The Morgan fingerprint density at radius 3 is 2.04 bits per heavy atom. The van der Waals surface area contributed by atoms with Crippen LogP contribution in [-0.4, -0.2) is 4.98 Å². The van der Waals surface area contributed by atoms with Crippen LogP contribution in [0.5, 0.6) is 0 Å². The van der Waals surface area contributed by atoms with Crippen molar-refractivity contribution in [3.63, 3.8) is 0 Å². The van der Waals surface area contributed by atoms with E-state index in [0.717, 1.165) is 0 Å². The van der Waals surface area contributed by atoms with Gasteiger partial charge in [-0.25, -0.2) is 0 Å². The number of rotatable bonds is 3. The Bertz CT molecular complexity index is 2480. The number of fused-ring (bicyclic) bond motifs is 10. The van der Waals surface area contributed by atoms with Crippen LogP contribution in [0.3, 0.4) is 0 Å². The maximum absolute atomic E-state index is 4.73. The first-order chi connectivity index (χ1) is 23.3. The van der Waals surface area contributed by atoms with E-state index >= 15 is 0 Å². The van der Waals surface area contributed by atoms with Crippen molar-refractivity contribution < 1.29 is 0 Å². The van der Waals surface area contributed by atoms with E-state index in [-0.39, 0.29) is 5.41 Å². The average molecular weight is 620 g/mol. The van der Waals surface area contributed by atoms with Crippen molar-refractivity contribution >= 4 is 54.9 Å². The molecule has 2 aliphatic carbocycles. The lowest BCUT2D eigenvalue weighted by Crippen LogP contribution is -2.27. The zero-order valence-corrected chi connectivity index (χ0v) is 27.0. The highest BCUT2D eigenvalue weighted by molar-refractivity contribution is 8.00. The number of benzene rings is 7. The molecule has 1 fully saturated rings. The molecule has 7 aromatic carbocycles. The molecular formula is C45H33NS. The smallest absolute Gasteiger partial charge is 0.0353 e. The summed E-state index contributed by atoms with van der Waals surface area (Å²) in [4.78, 5) is 7.39. The SMILES string of the molecule is c1ccc2c(c1)-c1c(Sc3c4ccccc4c(-c4cc5ccccc5c5ccccc45)c4cnccc34)cccc1C21CCCCC1. The van der Waals surface area contributed by atoms with Crippen LogP contribution >= 0.6 is 11.8 Å². The molecule has 0 aliphatic heterocycles. The first-order valence-corrected chi connectivity index (χ1v) is 17.7. The lowest BCUT2D eigenvalue weighted by molar-refractivity contribution is 0.352. The number of aromatic nitrogens is 1. The fraction of sp³-hybridized carbons (Fsp3) is 0.133. The van der Waals surface area contributed by atoms with E-state index in [1.165, 1.54) is 113 Å². The summed E-state index contributed by atoms with van der Waals surface area (Å²) in [6.07, 6.45) is 10.5. The summed E-state index contributed by atoms with van der Waals surface area (Å²) in [5, 5.41) is 10.1. The minimum absolute atomic E-state index is 0.149. The average Bonchev–Trinajstić information content (AvgIpc) is 3.41. The third kappa shape index (κ3) is 3.95. The van der Waals surface area contributed by atoms with Gasteiger partial charge in [0.2, 0.25) is 0 Å². The fourth-order valence-corrected chi connectivity index (χ4v) is 10.3. The van der Waals surface area contributed by atoms with Crippen molar-refractivity contribution in [2.24, 2.45) is 0 Å². The van der Waals surface area contributed by atoms with Crippen molar-refractivity contribution in [3.8, 4) is 22.3 Å². The van der Waals surface area contributed by atoms with Gasteiger partial charge in [-0.3, -0.25) is 4.98 Å². The fourth-order valence-electron chi connectivity index (χ4n) is 9.00. The van der Waals surface area contributed by atoms with E-state index in [9.17, 15) is 0 Å². The third-order valence-electron chi connectivity index (χ3n) is 11.0. The molecule has 0 saturated heterocycles. The molecule has 2 heteroatoms. The van der Waals surface area contributed by atoms with Crippen LogP contribution in [0.4, 0.5) is 0 Å². The molecule has 1 nitrogen and oxygen atoms in total. The molecule has 1 heterocycles. The quantitative estimate of drug-likeness (QED) is 0.144. The van der Waals surface area contributed by atoms with Gasteiger partial charge in [-0.15, -0.1) is 0 Å². The van der Waals surface area contributed by atoms with E-state index in [1.807, 2.05) is 18.0 Å². The summed E-state index contributed by atoms with van der Waals surface area (Å²) in [6.45, 7) is 0. The summed E-state index contributed by atoms with van der Waals surface area (Å²) in [7, 11) is 0. The molecule has 0 radical (unpaired) electrons. The van der Waals surface area contributed by atoms with E-state index in [0.29, 0.717) is 0 Å². The molecule has 1 saturated carbocycles. The van der Waals surface area contributed by atoms with E-state index in [2.05, 4.69) is 134 Å². The number of pyridine rings is 1. The molecule has 2 aliphatic rings. The Hall–Kier alpha value is -4.92. The summed E-state index contributed by atoms with van der Waals surface area (Å²) in [6, 6.07) is 47.6. The predicted octanol–water partition coefficient (Wildman–Crippen LogP) is 12.7. The maximum Gasteiger partial charge on any atom is 0.0353 e. The van der Waals surface area contributed by atoms with Gasteiger partial charge >= 0.3 is 0 Å². The van der Waals surface area contributed by atoms with Crippen molar-refractivity contribution in [2.75, 3.05) is 0 Å². The Morgan fingerprint density at radius 1 is 0.489 bits per heavy atom. The molecule has 10 rings (SSSR count). The maximum atomic E-state index is 4.73. The largest absolute Gasteiger partial charge is 0.264 e. The molecule has 0 N–H and O–H groups in total. The molecule has 0 bridgehead atoms. The van der Waals surface area contributed by atoms with Crippen molar-refractivity contribution in [1.29, 1.82) is 0 Å². The second kappa shape index (κ2) is 10.6. The van der Waals surface area contributed by atoms with Crippen LogP contribution in [0.2, 0.25) is 0 Å². The molecule has 0 amide bonds. The summed E-state index contributed by atoms with van der Waals surface area (Å²) in [5.41, 5.74) is 8.64. The lowest BCUT2D eigenvalue weighted by atomic mass is 9.68. The van der Waals surface area contributed by atoms with Crippen LogP contribution in [-0.2, 0) is 5.41 Å². The summed E-state index contributed by atoms with van der Waals surface area (Å²) < 4.78 is 0. The van der Waals surface area contributed by atoms with E-state index < -0.39 is 0 Å². The number of hydrogen-bond acceptors (Lipinski definition) is 2. The molecule has 47 heavy (non-hydrogen) atoms. The normalized spacial score (nSPS) is 15.1. The van der Waals surface area contributed by atoms with Gasteiger partial charge in [0.25, 0.3) is 0 Å². The molecule has 0 unspecified atom stereocenters. The molecule has 1 aromatic heterocycles. The third-order valence-corrected chi connectivity index (χ3v) is 12.2. The van der Waals surface area contributed by atoms with Crippen LogP contribution in [0.25, 0.3) is 65.3 Å². The molecule has 224 valence electrons. The van der Waals surface area contributed by atoms with Gasteiger partial charge in [0.1, 0.15) is 0 Å². The highest BCUT2D eigenvalue weighted by Gasteiger charge is 2.44. The Labute approximate surface area is 279 Å². The Kier molecular flexibility index (Phi) is 6.11. The van der Waals surface area contributed by atoms with Crippen molar-refractivity contribution in [1.82, 2.24) is 4.98 Å². The monoisotopic (exact) mass is 619 g/mol. The molecule has 8 aromatic rings. The number of hydrogen-bond donors (Lipinski definition) is 0. The molecule has 1 spiro atoms. The van der Waals surface area contributed by atoms with E-state index in [1.54, 1.807) is 5.56 Å². The van der Waals surface area contributed by atoms with Crippen LogP contribution < -0.4 is 0 Å². The van der Waals surface area contributed by atoms with Gasteiger partial charge in [-0.2, -0.15) is 0 Å². The van der Waals surface area contributed by atoms with Gasteiger partial charge in [0.15, 0.2) is 0 Å². The van der Waals surface area contributed by atoms with Gasteiger partial charge in [-0.05, 0) is 96.6 Å². The highest BCUT2D eigenvalue weighted by atomic mass is 32.2.